The third kappa shape index (κ3) is 5.65. The van der Waals surface area contributed by atoms with Gasteiger partial charge >= 0.3 is 12.1 Å². The number of para-hydroxylation sites is 1. The highest BCUT2D eigenvalue weighted by Crippen LogP contribution is 2.70. The standard InChI is InChI=1S/C40H39F5N2O3/c1-37-22-33(25-9-7-24(8-10-25)23-46-28-14-11-26(12-15-28)36(49)47-29-5-3-2-4-6-29)35-31-18-16-30(48)21-27(31)13-17-32(35)34(37)19-20-38(37,50)39(41,42)40(43,44)45/h2-12,14-15,21,32-34,46,50H,13,16-20,22-23H2,1H3,(H,47,49)/t32-,33+,34-,37-,38-/m0/s1. The van der Waals surface area contributed by atoms with Crippen molar-refractivity contribution in [3.63, 3.8) is 0 Å². The van der Waals surface area contributed by atoms with E-state index in [0.29, 0.717) is 43.5 Å². The molecule has 0 heterocycles. The molecule has 4 aliphatic rings. The largest absolute Gasteiger partial charge is 0.456 e. The number of amides is 1. The fraction of sp³-hybridized carbons (Fsp3) is 0.400. The van der Waals surface area contributed by atoms with Gasteiger partial charge in [0.1, 0.15) is 5.60 Å². The quantitative estimate of drug-likeness (QED) is 0.216. The molecule has 0 spiro atoms. The van der Waals surface area contributed by atoms with Gasteiger partial charge in [0.25, 0.3) is 5.91 Å². The lowest BCUT2D eigenvalue weighted by Gasteiger charge is -2.56. The van der Waals surface area contributed by atoms with Gasteiger partial charge in [0.15, 0.2) is 5.78 Å². The van der Waals surface area contributed by atoms with E-state index < -0.39 is 41.4 Å². The zero-order valence-electron chi connectivity index (χ0n) is 27.6. The molecule has 0 aromatic heterocycles. The van der Waals surface area contributed by atoms with Crippen molar-refractivity contribution in [2.45, 2.75) is 82.0 Å². The van der Waals surface area contributed by atoms with Crippen molar-refractivity contribution < 1.29 is 36.6 Å². The second-order valence-corrected chi connectivity index (χ2v) is 14.5. The van der Waals surface area contributed by atoms with Crippen LogP contribution in [0.15, 0.2) is 102 Å². The third-order valence-electron chi connectivity index (χ3n) is 11.8. The molecule has 2 saturated carbocycles. The van der Waals surface area contributed by atoms with Crippen molar-refractivity contribution in [3.8, 4) is 0 Å². The Bertz CT molecular complexity index is 1850. The number of halogens is 5. The zero-order chi connectivity index (χ0) is 35.5. The normalized spacial score (nSPS) is 27.9. The van der Waals surface area contributed by atoms with Crippen molar-refractivity contribution in [1.82, 2.24) is 0 Å². The number of hydrogen-bond donors (Lipinski definition) is 3. The molecule has 0 unspecified atom stereocenters. The van der Waals surface area contributed by atoms with Crippen LogP contribution in [0, 0.1) is 17.3 Å². The number of fused-ring (bicyclic) bond motifs is 4. The molecule has 262 valence electrons. The molecule has 5 nitrogen and oxygen atoms in total. The average Bonchev–Trinajstić information content (AvgIpc) is 3.38. The summed E-state index contributed by atoms with van der Waals surface area (Å²) in [6, 6.07) is 23.9. The van der Waals surface area contributed by atoms with E-state index in [1.807, 2.05) is 66.7 Å². The smallest absolute Gasteiger partial charge is 0.383 e. The summed E-state index contributed by atoms with van der Waals surface area (Å²) in [5.41, 5.74) is 1.80. The molecule has 3 aromatic rings. The third-order valence-corrected chi connectivity index (χ3v) is 11.8. The summed E-state index contributed by atoms with van der Waals surface area (Å²) in [5, 5.41) is 17.7. The number of benzene rings is 3. The van der Waals surface area contributed by atoms with E-state index in [-0.39, 0.29) is 30.4 Å². The van der Waals surface area contributed by atoms with Crippen molar-refractivity contribution in [1.29, 1.82) is 0 Å². The topological polar surface area (TPSA) is 78.4 Å². The van der Waals surface area contributed by atoms with Crippen LogP contribution in [0.3, 0.4) is 0 Å². The molecular formula is C40H39F5N2O3. The van der Waals surface area contributed by atoms with Gasteiger partial charge in [-0.25, -0.2) is 0 Å². The predicted octanol–water partition coefficient (Wildman–Crippen LogP) is 9.38. The molecule has 7 rings (SSSR count). The predicted molar refractivity (Wildman–Crippen MR) is 181 cm³/mol. The number of carbonyl (C=O) groups is 2. The maximum Gasteiger partial charge on any atom is 0.456 e. The molecule has 3 N–H and O–H groups in total. The number of allylic oxidation sites excluding steroid dienone is 4. The molecule has 10 heteroatoms. The van der Waals surface area contributed by atoms with Crippen LogP contribution < -0.4 is 10.6 Å². The highest BCUT2D eigenvalue weighted by atomic mass is 19.4. The van der Waals surface area contributed by atoms with Crippen molar-refractivity contribution >= 4 is 23.1 Å². The number of rotatable bonds is 7. The van der Waals surface area contributed by atoms with Crippen molar-refractivity contribution in [2.75, 3.05) is 10.6 Å². The number of carbonyl (C=O) groups excluding carboxylic acids is 2. The van der Waals surface area contributed by atoms with Gasteiger partial charge in [0, 0.05) is 41.2 Å². The van der Waals surface area contributed by atoms with Gasteiger partial charge < -0.3 is 15.7 Å². The first-order chi connectivity index (χ1) is 23.7. The van der Waals surface area contributed by atoms with Gasteiger partial charge in [-0.3, -0.25) is 9.59 Å². The van der Waals surface area contributed by atoms with E-state index in [1.54, 1.807) is 18.2 Å². The summed E-state index contributed by atoms with van der Waals surface area (Å²) in [6.07, 6.45) is -2.86. The Morgan fingerprint density at radius 1 is 0.880 bits per heavy atom. The number of nitrogens with one attached hydrogen (secondary N) is 2. The monoisotopic (exact) mass is 690 g/mol. The summed E-state index contributed by atoms with van der Waals surface area (Å²) in [6.45, 7) is 1.88. The Labute approximate surface area is 287 Å². The van der Waals surface area contributed by atoms with Crippen molar-refractivity contribution in [3.05, 3.63) is 118 Å². The minimum absolute atomic E-state index is 0.0435. The molecule has 50 heavy (non-hydrogen) atoms. The van der Waals surface area contributed by atoms with E-state index in [9.17, 15) is 27.9 Å². The van der Waals surface area contributed by atoms with Crippen molar-refractivity contribution in [2.24, 2.45) is 17.3 Å². The molecule has 2 fully saturated rings. The van der Waals surface area contributed by atoms with Gasteiger partial charge in [-0.1, -0.05) is 55.0 Å². The number of anilines is 2. The Balaban J connectivity index is 1.14. The van der Waals surface area contributed by atoms with Gasteiger partial charge in [-0.15, -0.1) is 0 Å². The highest BCUT2D eigenvalue weighted by molar-refractivity contribution is 6.04. The van der Waals surface area contributed by atoms with Gasteiger partial charge in [-0.2, -0.15) is 22.0 Å². The Morgan fingerprint density at radius 2 is 1.58 bits per heavy atom. The Hall–Kier alpha value is -4.31. The van der Waals surface area contributed by atoms with Crippen LogP contribution in [0.25, 0.3) is 0 Å². The summed E-state index contributed by atoms with van der Waals surface area (Å²) in [7, 11) is 0. The van der Waals surface area contributed by atoms with Crippen LogP contribution in [-0.2, 0) is 11.3 Å². The lowest BCUT2D eigenvalue weighted by Crippen LogP contribution is -2.65. The van der Waals surface area contributed by atoms with Crippen LogP contribution in [-0.4, -0.2) is 34.5 Å². The summed E-state index contributed by atoms with van der Waals surface area (Å²) in [5.74, 6) is -6.75. The number of hydrogen-bond acceptors (Lipinski definition) is 4. The molecule has 3 aromatic carbocycles. The van der Waals surface area contributed by atoms with E-state index >= 15 is 8.78 Å². The summed E-state index contributed by atoms with van der Waals surface area (Å²) >= 11 is 0. The molecule has 0 aliphatic heterocycles. The van der Waals surface area contributed by atoms with E-state index in [2.05, 4.69) is 10.6 Å². The number of ketones is 1. The highest BCUT2D eigenvalue weighted by Gasteiger charge is 2.79. The van der Waals surface area contributed by atoms with Gasteiger partial charge in [0.05, 0.1) is 0 Å². The molecule has 1 amide bonds. The summed E-state index contributed by atoms with van der Waals surface area (Å²) < 4.78 is 72.1. The molecule has 0 bridgehead atoms. The number of alkyl halides is 5. The molecule has 0 saturated heterocycles. The minimum atomic E-state index is -5.89. The second kappa shape index (κ2) is 12.5. The van der Waals surface area contributed by atoms with Crippen LogP contribution in [0.1, 0.15) is 79.3 Å². The Morgan fingerprint density at radius 3 is 2.26 bits per heavy atom. The first kappa shape index (κ1) is 34.2. The van der Waals surface area contributed by atoms with Crippen LogP contribution in [0.4, 0.5) is 33.3 Å². The first-order valence-electron chi connectivity index (χ1n) is 17.1. The molecule has 4 aliphatic carbocycles. The van der Waals surface area contributed by atoms with E-state index in [1.165, 1.54) is 6.92 Å². The molecule has 0 radical (unpaired) electrons. The fourth-order valence-electron chi connectivity index (χ4n) is 9.25. The lowest BCUT2D eigenvalue weighted by molar-refractivity contribution is -0.362. The molecular weight excluding hydrogens is 651 g/mol. The van der Waals surface area contributed by atoms with Crippen LogP contribution in [0.2, 0.25) is 0 Å². The van der Waals surface area contributed by atoms with E-state index in [0.717, 1.165) is 33.5 Å². The lowest BCUT2D eigenvalue weighted by atomic mass is 9.50. The first-order valence-corrected chi connectivity index (χ1v) is 17.1. The second-order valence-electron chi connectivity index (χ2n) is 14.5. The van der Waals surface area contributed by atoms with Crippen LogP contribution >= 0.6 is 0 Å². The fourth-order valence-corrected chi connectivity index (χ4v) is 9.25. The Kier molecular flexibility index (Phi) is 8.52. The average molecular weight is 691 g/mol. The number of aliphatic hydroxyl groups is 1. The van der Waals surface area contributed by atoms with Gasteiger partial charge in [0.2, 0.25) is 0 Å². The summed E-state index contributed by atoms with van der Waals surface area (Å²) in [4.78, 5) is 24.9. The van der Waals surface area contributed by atoms with Crippen LogP contribution in [0.5, 0.6) is 0 Å². The maximum atomic E-state index is 15.3. The SMILES string of the molecule is C[C@]12C[C@H](c3ccc(CNc4ccc(C(=O)Nc5ccccc5)cc4)cc3)C3=C4CCC(=O)C=C4CC[C@H]3[C@@H]1CC[C@@]2(O)C(F)(F)C(F)(F)F. The minimum Gasteiger partial charge on any atom is -0.383 e. The van der Waals surface area contributed by atoms with E-state index in [4.69, 9.17) is 0 Å². The maximum absolute atomic E-state index is 15.3. The molecule has 5 atom stereocenters. The van der Waals surface area contributed by atoms with Gasteiger partial charge in [-0.05, 0) is 115 Å². The zero-order valence-corrected chi connectivity index (χ0v) is 27.6.